The molecular formula is C25H26FNO4. The lowest BCUT2D eigenvalue weighted by Gasteiger charge is -2.14. The quantitative estimate of drug-likeness (QED) is 0.541. The molecule has 31 heavy (non-hydrogen) atoms. The summed E-state index contributed by atoms with van der Waals surface area (Å²) < 4.78 is 30.5. The van der Waals surface area contributed by atoms with Crippen LogP contribution in [0.1, 0.15) is 22.3 Å². The molecule has 1 amide bonds. The van der Waals surface area contributed by atoms with Crippen LogP contribution in [-0.4, -0.2) is 19.6 Å². The second-order valence-corrected chi connectivity index (χ2v) is 7.13. The van der Waals surface area contributed by atoms with Crippen LogP contribution < -0.4 is 19.5 Å². The third kappa shape index (κ3) is 5.98. The second kappa shape index (κ2) is 10.5. The van der Waals surface area contributed by atoms with Gasteiger partial charge in [0, 0.05) is 12.1 Å². The molecule has 3 aromatic carbocycles. The lowest BCUT2D eigenvalue weighted by atomic mass is 10.1. The fraction of sp³-hybridized carbons (Fsp3) is 0.240. The molecule has 162 valence electrons. The molecule has 0 spiro atoms. The molecule has 0 fully saturated rings. The van der Waals surface area contributed by atoms with Gasteiger partial charge in [-0.1, -0.05) is 36.4 Å². The molecule has 0 saturated carbocycles. The van der Waals surface area contributed by atoms with Gasteiger partial charge >= 0.3 is 0 Å². The summed E-state index contributed by atoms with van der Waals surface area (Å²) in [4.78, 5) is 12.2. The van der Waals surface area contributed by atoms with Gasteiger partial charge in [0.2, 0.25) is 0 Å². The van der Waals surface area contributed by atoms with E-state index < -0.39 is 0 Å². The van der Waals surface area contributed by atoms with Gasteiger partial charge in [0.1, 0.15) is 18.2 Å². The van der Waals surface area contributed by atoms with Gasteiger partial charge in [-0.05, 0) is 54.8 Å². The van der Waals surface area contributed by atoms with E-state index in [0.717, 1.165) is 16.7 Å². The maximum Gasteiger partial charge on any atom is 0.258 e. The highest BCUT2D eigenvalue weighted by Crippen LogP contribution is 2.29. The first-order chi connectivity index (χ1) is 15.0. The van der Waals surface area contributed by atoms with E-state index in [9.17, 15) is 9.18 Å². The number of halogens is 1. The number of hydrogen-bond donors (Lipinski definition) is 1. The lowest BCUT2D eigenvalue weighted by Crippen LogP contribution is -2.28. The molecule has 1 N–H and O–H groups in total. The summed E-state index contributed by atoms with van der Waals surface area (Å²) in [5.41, 5.74) is 3.44. The van der Waals surface area contributed by atoms with Gasteiger partial charge in [-0.15, -0.1) is 0 Å². The Kier molecular flexibility index (Phi) is 7.49. The van der Waals surface area contributed by atoms with Crippen LogP contribution in [0.3, 0.4) is 0 Å². The van der Waals surface area contributed by atoms with Crippen molar-refractivity contribution in [3.63, 3.8) is 0 Å². The fourth-order valence-electron chi connectivity index (χ4n) is 2.99. The van der Waals surface area contributed by atoms with E-state index in [1.807, 2.05) is 38.1 Å². The molecular weight excluding hydrogens is 397 g/mol. The third-order valence-electron chi connectivity index (χ3n) is 4.97. The average Bonchev–Trinajstić information content (AvgIpc) is 2.78. The van der Waals surface area contributed by atoms with Gasteiger partial charge in [-0.2, -0.15) is 0 Å². The summed E-state index contributed by atoms with van der Waals surface area (Å²) in [6.07, 6.45) is 0. The van der Waals surface area contributed by atoms with Gasteiger partial charge in [0.05, 0.1) is 7.11 Å². The summed E-state index contributed by atoms with van der Waals surface area (Å²) >= 11 is 0. The number of methoxy groups -OCH3 is 1. The van der Waals surface area contributed by atoms with Crippen molar-refractivity contribution < 1.29 is 23.4 Å². The highest BCUT2D eigenvalue weighted by molar-refractivity contribution is 5.77. The van der Waals surface area contributed by atoms with E-state index in [4.69, 9.17) is 14.2 Å². The van der Waals surface area contributed by atoms with E-state index in [2.05, 4.69) is 5.32 Å². The summed E-state index contributed by atoms with van der Waals surface area (Å²) in [5.74, 6) is 1.17. The molecule has 0 heterocycles. The van der Waals surface area contributed by atoms with Crippen molar-refractivity contribution in [1.29, 1.82) is 0 Å². The maximum atomic E-state index is 13.8. The van der Waals surface area contributed by atoms with E-state index >= 15 is 0 Å². The van der Waals surface area contributed by atoms with Crippen LogP contribution in [0, 0.1) is 19.7 Å². The Hall–Kier alpha value is -3.54. The summed E-state index contributed by atoms with van der Waals surface area (Å²) in [6, 6.07) is 17.6. The molecule has 0 aliphatic rings. The first-order valence-corrected chi connectivity index (χ1v) is 9.96. The maximum absolute atomic E-state index is 13.8. The van der Waals surface area contributed by atoms with Crippen molar-refractivity contribution in [3.8, 4) is 17.2 Å². The number of amides is 1. The van der Waals surface area contributed by atoms with Crippen molar-refractivity contribution in [2.45, 2.75) is 27.0 Å². The minimum atomic E-state index is -0.316. The van der Waals surface area contributed by atoms with E-state index in [0.29, 0.717) is 29.4 Å². The number of carbonyl (C=O) groups is 1. The minimum absolute atomic E-state index is 0.0642. The molecule has 0 aromatic heterocycles. The predicted molar refractivity (Wildman–Crippen MR) is 117 cm³/mol. The number of nitrogens with one attached hydrogen (secondary N) is 1. The normalized spacial score (nSPS) is 10.5. The second-order valence-electron chi connectivity index (χ2n) is 7.13. The molecule has 0 atom stereocenters. The molecule has 0 radical (unpaired) electrons. The standard InChI is InChI=1S/C25H26FNO4/c1-17-7-6-10-22(18(17)2)31-16-25(28)27-14-19-11-12-23(24(13-19)29-3)30-15-20-8-4-5-9-21(20)26/h4-13H,14-16H2,1-3H3,(H,27,28). The van der Waals surface area contributed by atoms with Crippen LogP contribution in [0.4, 0.5) is 4.39 Å². The van der Waals surface area contributed by atoms with Crippen LogP contribution in [0.2, 0.25) is 0 Å². The Morgan fingerprint density at radius 2 is 1.74 bits per heavy atom. The van der Waals surface area contributed by atoms with E-state index in [-0.39, 0.29) is 24.9 Å². The molecule has 0 aliphatic carbocycles. The van der Waals surface area contributed by atoms with Gasteiger partial charge in [0.25, 0.3) is 5.91 Å². The number of carbonyl (C=O) groups excluding carboxylic acids is 1. The molecule has 0 unspecified atom stereocenters. The SMILES string of the molecule is COc1cc(CNC(=O)COc2cccc(C)c2C)ccc1OCc1ccccc1F. The largest absolute Gasteiger partial charge is 0.493 e. The van der Waals surface area contributed by atoms with Crippen molar-refractivity contribution in [2.24, 2.45) is 0 Å². The minimum Gasteiger partial charge on any atom is -0.493 e. The van der Waals surface area contributed by atoms with E-state index in [1.165, 1.54) is 13.2 Å². The number of rotatable bonds is 9. The van der Waals surface area contributed by atoms with Crippen LogP contribution in [0.15, 0.2) is 60.7 Å². The summed E-state index contributed by atoms with van der Waals surface area (Å²) in [6.45, 7) is 4.31. The van der Waals surface area contributed by atoms with Crippen molar-refractivity contribution in [3.05, 3.63) is 88.7 Å². The van der Waals surface area contributed by atoms with Crippen LogP contribution in [-0.2, 0) is 17.9 Å². The number of ether oxygens (including phenoxy) is 3. The molecule has 3 rings (SSSR count). The molecule has 0 aliphatic heterocycles. The monoisotopic (exact) mass is 423 g/mol. The Bertz CT molecular complexity index is 1050. The number of aryl methyl sites for hydroxylation is 1. The van der Waals surface area contributed by atoms with E-state index in [1.54, 1.807) is 30.3 Å². The number of benzene rings is 3. The molecule has 0 saturated heterocycles. The van der Waals surface area contributed by atoms with Crippen molar-refractivity contribution in [1.82, 2.24) is 5.32 Å². The zero-order valence-electron chi connectivity index (χ0n) is 17.9. The molecule has 6 heteroatoms. The Balaban J connectivity index is 1.54. The van der Waals surface area contributed by atoms with Crippen LogP contribution in [0.5, 0.6) is 17.2 Å². The predicted octanol–water partition coefficient (Wildman–Crippen LogP) is 4.73. The average molecular weight is 423 g/mol. The molecule has 0 bridgehead atoms. The zero-order chi connectivity index (χ0) is 22.2. The highest BCUT2D eigenvalue weighted by Gasteiger charge is 2.10. The van der Waals surface area contributed by atoms with Gasteiger partial charge < -0.3 is 19.5 Å². The van der Waals surface area contributed by atoms with Gasteiger partial charge in [-0.25, -0.2) is 4.39 Å². The third-order valence-corrected chi connectivity index (χ3v) is 4.97. The molecule has 3 aromatic rings. The highest BCUT2D eigenvalue weighted by atomic mass is 19.1. The number of hydrogen-bond acceptors (Lipinski definition) is 4. The Morgan fingerprint density at radius 1 is 0.935 bits per heavy atom. The van der Waals surface area contributed by atoms with Crippen molar-refractivity contribution >= 4 is 5.91 Å². The Labute approximate surface area is 181 Å². The van der Waals surface area contributed by atoms with Gasteiger partial charge in [-0.3, -0.25) is 4.79 Å². The van der Waals surface area contributed by atoms with Crippen LogP contribution in [0.25, 0.3) is 0 Å². The smallest absolute Gasteiger partial charge is 0.258 e. The van der Waals surface area contributed by atoms with Crippen molar-refractivity contribution in [2.75, 3.05) is 13.7 Å². The summed E-state index contributed by atoms with van der Waals surface area (Å²) in [5, 5.41) is 2.83. The van der Waals surface area contributed by atoms with Crippen LogP contribution >= 0.6 is 0 Å². The zero-order valence-corrected chi connectivity index (χ0v) is 17.9. The van der Waals surface area contributed by atoms with Gasteiger partial charge in [0.15, 0.2) is 18.1 Å². The Morgan fingerprint density at radius 3 is 2.52 bits per heavy atom. The first kappa shape index (κ1) is 22.2. The topological polar surface area (TPSA) is 56.8 Å². The fourth-order valence-corrected chi connectivity index (χ4v) is 2.99. The summed E-state index contributed by atoms with van der Waals surface area (Å²) in [7, 11) is 1.53. The lowest BCUT2D eigenvalue weighted by molar-refractivity contribution is -0.123. The first-order valence-electron chi connectivity index (χ1n) is 9.96. The molecule has 5 nitrogen and oxygen atoms in total.